The first-order valence-electron chi connectivity index (χ1n) is 11.7. The number of carbonyl (C=O) groups is 1. The number of ether oxygens (including phenoxy) is 2. The molecule has 1 aliphatic rings. The first-order chi connectivity index (χ1) is 16.7. The van der Waals surface area contributed by atoms with Crippen molar-refractivity contribution in [2.45, 2.75) is 49.5 Å². The summed E-state index contributed by atoms with van der Waals surface area (Å²) in [6, 6.07) is 8.32. The van der Waals surface area contributed by atoms with E-state index in [1.807, 2.05) is 0 Å². The van der Waals surface area contributed by atoms with Crippen LogP contribution in [0.15, 0.2) is 40.2 Å². The Bertz CT molecular complexity index is 1200. The minimum Gasteiger partial charge on any atom is -0.493 e. The van der Waals surface area contributed by atoms with Gasteiger partial charge in [-0.25, -0.2) is 8.42 Å². The number of aliphatic imine (C=N–C) groups is 1. The molecular formula is C24H36ClN5O5S. The Morgan fingerprint density at radius 2 is 1.78 bits per heavy atom. The highest BCUT2D eigenvalue weighted by Gasteiger charge is 2.48. The summed E-state index contributed by atoms with van der Waals surface area (Å²) in [5, 5.41) is 1.48. The number of methoxy groups -OCH3 is 2. The molecule has 2 aromatic carbocycles. The Morgan fingerprint density at radius 1 is 1.11 bits per heavy atom. The summed E-state index contributed by atoms with van der Waals surface area (Å²) in [7, 11) is -0.949. The van der Waals surface area contributed by atoms with Crippen molar-refractivity contribution in [1.82, 2.24) is 9.62 Å². The van der Waals surface area contributed by atoms with Crippen molar-refractivity contribution in [2.75, 3.05) is 33.9 Å². The summed E-state index contributed by atoms with van der Waals surface area (Å²) >= 11 is 0. The zero-order valence-electron chi connectivity index (χ0n) is 21.0. The Hall–Kier alpha value is -2.76. The topological polar surface area (TPSA) is 149 Å². The Morgan fingerprint density at radius 3 is 2.39 bits per heavy atom. The molecule has 1 saturated heterocycles. The zero-order valence-corrected chi connectivity index (χ0v) is 22.6. The minimum atomic E-state index is -4.01. The first-order valence-corrected chi connectivity index (χ1v) is 13.2. The number of guanidine groups is 1. The van der Waals surface area contributed by atoms with E-state index in [1.165, 1.54) is 13.2 Å². The predicted molar refractivity (Wildman–Crippen MR) is 143 cm³/mol. The van der Waals surface area contributed by atoms with Gasteiger partial charge in [0, 0.05) is 19.6 Å². The number of amides is 1. The summed E-state index contributed by atoms with van der Waals surface area (Å²) in [5.74, 6) is 0.810. The fraction of sp³-hybridized carbons (Fsp3) is 0.500. The van der Waals surface area contributed by atoms with E-state index < -0.39 is 15.6 Å². The van der Waals surface area contributed by atoms with Gasteiger partial charge in [0.2, 0.25) is 15.9 Å². The summed E-state index contributed by atoms with van der Waals surface area (Å²) < 4.78 is 40.5. The lowest BCUT2D eigenvalue weighted by Crippen LogP contribution is -2.54. The summed E-state index contributed by atoms with van der Waals surface area (Å²) in [6.45, 7) is 3.46. The molecule has 2 aromatic rings. The molecule has 1 unspecified atom stereocenters. The van der Waals surface area contributed by atoms with Gasteiger partial charge in [-0.1, -0.05) is 19.4 Å². The maximum absolute atomic E-state index is 13.5. The van der Waals surface area contributed by atoms with E-state index in [4.69, 9.17) is 20.9 Å². The molecule has 36 heavy (non-hydrogen) atoms. The lowest BCUT2D eigenvalue weighted by Gasteiger charge is -2.29. The molecule has 1 amide bonds. The number of fused-ring (bicyclic) bond motifs is 1. The normalized spacial score (nSPS) is 17.6. The molecule has 0 saturated carbocycles. The van der Waals surface area contributed by atoms with E-state index >= 15 is 0 Å². The number of nitrogens with one attached hydrogen (secondary N) is 1. The molecule has 12 heteroatoms. The van der Waals surface area contributed by atoms with Crippen LogP contribution < -0.4 is 25.7 Å². The van der Waals surface area contributed by atoms with Crippen molar-refractivity contribution in [3.63, 3.8) is 0 Å². The number of sulfonamides is 1. The number of nitrogens with two attached hydrogens (primary N) is 2. The van der Waals surface area contributed by atoms with Crippen LogP contribution in [0.5, 0.6) is 11.5 Å². The van der Waals surface area contributed by atoms with Crippen LogP contribution in [-0.4, -0.2) is 64.6 Å². The summed E-state index contributed by atoms with van der Waals surface area (Å²) in [4.78, 5) is 19.2. The lowest BCUT2D eigenvalue weighted by atomic mass is 9.93. The highest BCUT2D eigenvalue weighted by molar-refractivity contribution is 7.89. The lowest BCUT2D eigenvalue weighted by molar-refractivity contribution is -0.132. The number of unbranched alkanes of at least 4 members (excludes halogenated alkanes) is 1. The van der Waals surface area contributed by atoms with Crippen LogP contribution in [0.1, 0.15) is 39.0 Å². The van der Waals surface area contributed by atoms with Crippen molar-refractivity contribution in [1.29, 1.82) is 0 Å². The third-order valence-corrected chi connectivity index (χ3v) is 7.83. The maximum atomic E-state index is 13.5. The van der Waals surface area contributed by atoms with Gasteiger partial charge in [0.1, 0.15) is 5.54 Å². The van der Waals surface area contributed by atoms with Crippen LogP contribution in [0, 0.1) is 0 Å². The molecule has 0 aliphatic carbocycles. The minimum absolute atomic E-state index is 0. The fourth-order valence-electron chi connectivity index (χ4n) is 4.40. The van der Waals surface area contributed by atoms with Crippen molar-refractivity contribution in [2.24, 2.45) is 16.5 Å². The average molecular weight is 542 g/mol. The van der Waals surface area contributed by atoms with Crippen molar-refractivity contribution in [3.05, 3.63) is 30.3 Å². The fourth-order valence-corrected chi connectivity index (χ4v) is 5.86. The molecular weight excluding hydrogens is 506 g/mol. The Balaban J connectivity index is 0.00000456. The average Bonchev–Trinajstić information content (AvgIpc) is 3.13. The van der Waals surface area contributed by atoms with Gasteiger partial charge in [0.15, 0.2) is 17.5 Å². The van der Waals surface area contributed by atoms with Gasteiger partial charge in [0.25, 0.3) is 0 Å². The van der Waals surface area contributed by atoms with E-state index in [1.54, 1.807) is 36.3 Å². The van der Waals surface area contributed by atoms with Gasteiger partial charge in [-0.3, -0.25) is 9.79 Å². The molecule has 0 bridgehead atoms. The summed E-state index contributed by atoms with van der Waals surface area (Å²) in [6.07, 6.45) is 2.94. The standard InChI is InChI=1S/C24H35N5O5S.ClH/c1-4-5-12-29-13-10-24(22(29)30,9-6-11-27-23(25)26)28-35(31,32)19-8-7-17-15-20(33-2)21(34-3)16-18(17)14-19;/h7-8,14-16,28H,4-6,9-13H2,1-3H3,(H4,25,26,27);1H. The van der Waals surface area contributed by atoms with Gasteiger partial charge in [0.05, 0.1) is 19.1 Å². The van der Waals surface area contributed by atoms with Gasteiger partial charge >= 0.3 is 0 Å². The van der Waals surface area contributed by atoms with Gasteiger partial charge < -0.3 is 25.8 Å². The quantitative estimate of drug-likeness (QED) is 0.212. The SMILES string of the molecule is CCCCN1CCC(CCCN=C(N)N)(NS(=O)(=O)c2ccc3cc(OC)c(OC)cc3c2)C1=O.Cl. The van der Waals surface area contributed by atoms with Gasteiger partial charge in [-0.2, -0.15) is 4.72 Å². The number of hydrogen-bond donors (Lipinski definition) is 3. The van der Waals surface area contributed by atoms with Crippen molar-refractivity contribution in [3.8, 4) is 11.5 Å². The first kappa shape index (κ1) is 29.5. The second-order valence-electron chi connectivity index (χ2n) is 8.71. The molecule has 5 N–H and O–H groups in total. The number of rotatable bonds is 12. The summed E-state index contributed by atoms with van der Waals surface area (Å²) in [5.41, 5.74) is 9.58. The second kappa shape index (κ2) is 12.5. The number of likely N-dealkylation sites (tertiary alicyclic amines) is 1. The number of halogens is 1. The van der Waals surface area contributed by atoms with E-state index in [0.717, 1.165) is 18.2 Å². The van der Waals surface area contributed by atoms with Crippen LogP contribution in [0.3, 0.4) is 0 Å². The van der Waals surface area contributed by atoms with Crippen molar-refractivity contribution >= 4 is 45.1 Å². The molecule has 1 atom stereocenters. The highest BCUT2D eigenvalue weighted by Crippen LogP contribution is 2.34. The van der Waals surface area contributed by atoms with Gasteiger partial charge in [-0.15, -0.1) is 12.4 Å². The smallest absolute Gasteiger partial charge is 0.243 e. The number of benzene rings is 2. The molecule has 200 valence electrons. The van der Waals surface area contributed by atoms with E-state index in [0.29, 0.717) is 55.8 Å². The molecule has 0 radical (unpaired) electrons. The van der Waals surface area contributed by atoms with E-state index in [9.17, 15) is 13.2 Å². The molecule has 0 spiro atoms. The molecule has 3 rings (SSSR count). The van der Waals surface area contributed by atoms with Gasteiger partial charge in [-0.05, 0) is 60.7 Å². The van der Waals surface area contributed by atoms with Crippen LogP contribution in [0.2, 0.25) is 0 Å². The van der Waals surface area contributed by atoms with Crippen molar-refractivity contribution < 1.29 is 22.7 Å². The predicted octanol–water partition coefficient (Wildman–Crippen LogP) is 2.38. The van der Waals surface area contributed by atoms with E-state index in [2.05, 4.69) is 16.6 Å². The van der Waals surface area contributed by atoms with Crippen LogP contribution in [-0.2, 0) is 14.8 Å². The third kappa shape index (κ3) is 6.51. The molecule has 1 aliphatic heterocycles. The third-order valence-electron chi connectivity index (χ3n) is 6.30. The van der Waals surface area contributed by atoms with Crippen LogP contribution >= 0.6 is 12.4 Å². The second-order valence-corrected chi connectivity index (χ2v) is 10.4. The van der Waals surface area contributed by atoms with Crippen LogP contribution in [0.4, 0.5) is 0 Å². The number of nitrogens with zero attached hydrogens (tertiary/aromatic N) is 2. The monoisotopic (exact) mass is 541 g/mol. The highest BCUT2D eigenvalue weighted by atomic mass is 35.5. The number of hydrogen-bond acceptors (Lipinski definition) is 6. The number of carbonyl (C=O) groups excluding carboxylic acids is 1. The largest absolute Gasteiger partial charge is 0.493 e. The Kier molecular flexibility index (Phi) is 10.2. The molecule has 0 aromatic heterocycles. The Labute approximate surface area is 218 Å². The van der Waals surface area contributed by atoms with E-state index in [-0.39, 0.29) is 29.2 Å². The van der Waals surface area contributed by atoms with Crippen LogP contribution in [0.25, 0.3) is 10.8 Å². The molecule has 10 nitrogen and oxygen atoms in total. The molecule has 1 heterocycles. The molecule has 1 fully saturated rings. The maximum Gasteiger partial charge on any atom is 0.243 e. The zero-order chi connectivity index (χ0) is 25.6.